The van der Waals surface area contributed by atoms with E-state index in [1.807, 2.05) is 0 Å². The lowest BCUT2D eigenvalue weighted by Crippen LogP contribution is -2.07. The zero-order valence-electron chi connectivity index (χ0n) is 41.5. The number of fused-ring (bicyclic) bond motifs is 9. The molecule has 0 amide bonds. The highest BCUT2D eigenvalue weighted by Gasteiger charge is 2.36. The largest absolute Gasteiger partial charge is 0.309 e. The van der Waals surface area contributed by atoms with Gasteiger partial charge in [0.2, 0.25) is 0 Å². The molecule has 0 spiro atoms. The second-order valence-electron chi connectivity index (χ2n) is 19.7. The molecule has 0 fully saturated rings. The van der Waals surface area contributed by atoms with Gasteiger partial charge < -0.3 is 13.7 Å². The lowest BCUT2D eigenvalue weighted by Gasteiger charge is -2.42. The number of nitrogens with zero attached hydrogens (tertiary/aromatic N) is 3. The predicted molar refractivity (Wildman–Crippen MR) is 320 cm³/mol. The average Bonchev–Trinajstić information content (AvgIpc) is 4.21. The normalized spacial score (nSPS) is 12.2. The van der Waals surface area contributed by atoms with E-state index in [1.165, 1.54) is 107 Å². The number of hydrogen-bond donors (Lipinski definition) is 0. The van der Waals surface area contributed by atoms with Gasteiger partial charge in [-0.1, -0.05) is 182 Å². The lowest BCUT2D eigenvalue weighted by atomic mass is 9.99. The summed E-state index contributed by atoms with van der Waals surface area (Å²) in [5, 5.41) is 7.43. The van der Waals surface area contributed by atoms with Crippen LogP contribution < -0.4 is 0 Å². The van der Waals surface area contributed by atoms with Crippen molar-refractivity contribution in [3.63, 3.8) is 0 Å². The first-order valence-electron chi connectivity index (χ1n) is 26.1. The third-order valence-corrected chi connectivity index (χ3v) is 19.4. The molecule has 15 aromatic rings. The first kappa shape index (κ1) is 43.9. The highest BCUT2D eigenvalue weighted by Crippen LogP contribution is 2.75. The van der Waals surface area contributed by atoms with Crippen LogP contribution in [0.1, 0.15) is 0 Å². The third-order valence-electron chi connectivity index (χ3n) is 15.5. The Bertz CT molecular complexity index is 4610. The van der Waals surface area contributed by atoms with E-state index in [2.05, 4.69) is 311 Å². The van der Waals surface area contributed by atoms with Crippen LogP contribution in [0.5, 0.6) is 0 Å². The maximum Gasteiger partial charge on any atom is 0.0552 e. The second kappa shape index (κ2) is 17.8. The van der Waals surface area contributed by atoms with Crippen LogP contribution in [0.25, 0.3) is 105 Å². The smallest absolute Gasteiger partial charge is 0.0552 e. The molecule has 0 saturated heterocycles. The summed E-state index contributed by atoms with van der Waals surface area (Å²) >= 11 is 0. The molecule has 12 aromatic carbocycles. The highest BCUT2D eigenvalue weighted by atomic mass is 32.3. The molecule has 0 radical (unpaired) electrons. The van der Waals surface area contributed by atoms with E-state index in [0.717, 1.165) is 17.1 Å². The zero-order valence-corrected chi connectivity index (χ0v) is 42.4. The Kier molecular flexibility index (Phi) is 10.3. The van der Waals surface area contributed by atoms with Gasteiger partial charge in [-0.05, 0) is 138 Å². The Labute approximate surface area is 442 Å². The molecule has 3 aromatic heterocycles. The van der Waals surface area contributed by atoms with Crippen LogP contribution in [-0.2, 0) is 0 Å². The van der Waals surface area contributed by atoms with Crippen molar-refractivity contribution in [3.8, 4) is 39.3 Å². The van der Waals surface area contributed by atoms with Crippen molar-refractivity contribution in [2.75, 3.05) is 0 Å². The molecule has 15 rings (SSSR count). The second-order valence-corrected chi connectivity index (χ2v) is 22.7. The van der Waals surface area contributed by atoms with Gasteiger partial charge in [-0.15, -0.1) is 10.0 Å². The maximum atomic E-state index is 2.51. The van der Waals surface area contributed by atoms with Crippen molar-refractivity contribution in [3.05, 3.63) is 297 Å². The molecule has 0 bridgehead atoms. The average molecular weight is 988 g/mol. The minimum Gasteiger partial charge on any atom is -0.309 e. The molecule has 358 valence electrons. The fraction of sp³-hybridized carbons (Fsp3) is 0. The number of para-hydroxylation sites is 4. The van der Waals surface area contributed by atoms with Gasteiger partial charge in [0.25, 0.3) is 0 Å². The molecule has 3 nitrogen and oxygen atoms in total. The first-order chi connectivity index (χ1) is 37.7. The monoisotopic (exact) mass is 987 g/mol. The summed E-state index contributed by atoms with van der Waals surface area (Å²) in [6, 6.07) is 110. The molecular formula is C72H49N3S. The Morgan fingerprint density at radius 3 is 1.21 bits per heavy atom. The first-order valence-corrected chi connectivity index (χ1v) is 27.7. The van der Waals surface area contributed by atoms with Gasteiger partial charge in [-0.25, -0.2) is 0 Å². The minimum absolute atomic E-state index is 1.12. The summed E-state index contributed by atoms with van der Waals surface area (Å²) in [5.74, 6) is 0. The summed E-state index contributed by atoms with van der Waals surface area (Å²) in [4.78, 5) is 5.15. The fourth-order valence-corrected chi connectivity index (χ4v) is 16.4. The molecule has 4 heteroatoms. The number of benzene rings is 12. The van der Waals surface area contributed by atoms with E-state index in [0.29, 0.717) is 0 Å². The highest BCUT2D eigenvalue weighted by molar-refractivity contribution is 8.34. The van der Waals surface area contributed by atoms with Crippen LogP contribution in [0.2, 0.25) is 0 Å². The maximum absolute atomic E-state index is 2.51. The van der Waals surface area contributed by atoms with E-state index in [9.17, 15) is 0 Å². The molecule has 3 heterocycles. The third kappa shape index (κ3) is 6.78. The molecule has 0 aliphatic carbocycles. The number of rotatable bonds is 9. The summed E-state index contributed by atoms with van der Waals surface area (Å²) in [6.45, 7) is 0. The summed E-state index contributed by atoms with van der Waals surface area (Å²) in [7, 11) is -2.18. The van der Waals surface area contributed by atoms with Crippen molar-refractivity contribution in [1.29, 1.82) is 0 Å². The predicted octanol–water partition coefficient (Wildman–Crippen LogP) is 19.7. The van der Waals surface area contributed by atoms with Crippen molar-refractivity contribution < 1.29 is 0 Å². The molecular weight excluding hydrogens is 939 g/mol. The van der Waals surface area contributed by atoms with Crippen molar-refractivity contribution in [1.82, 2.24) is 13.7 Å². The van der Waals surface area contributed by atoms with Gasteiger partial charge in [0.05, 0.1) is 33.1 Å². The lowest BCUT2D eigenvalue weighted by molar-refractivity contribution is 1.15. The van der Waals surface area contributed by atoms with Crippen LogP contribution in [-0.4, -0.2) is 13.7 Å². The molecule has 0 unspecified atom stereocenters. The van der Waals surface area contributed by atoms with E-state index < -0.39 is 10.0 Å². The Morgan fingerprint density at radius 1 is 0.211 bits per heavy atom. The van der Waals surface area contributed by atoms with Gasteiger partial charge in [0.15, 0.2) is 0 Å². The van der Waals surface area contributed by atoms with E-state index >= 15 is 0 Å². The molecule has 0 aliphatic heterocycles. The van der Waals surface area contributed by atoms with Crippen molar-refractivity contribution in [2.24, 2.45) is 0 Å². The van der Waals surface area contributed by atoms with Gasteiger partial charge in [-0.3, -0.25) is 0 Å². The van der Waals surface area contributed by atoms with Crippen molar-refractivity contribution in [2.45, 2.75) is 19.6 Å². The topological polar surface area (TPSA) is 14.8 Å². The minimum atomic E-state index is -2.18. The van der Waals surface area contributed by atoms with Crippen LogP contribution in [0, 0.1) is 0 Å². The molecule has 76 heavy (non-hydrogen) atoms. The number of hydrogen-bond acceptors (Lipinski definition) is 0. The van der Waals surface area contributed by atoms with Gasteiger partial charge in [-0.2, -0.15) is 0 Å². The fourth-order valence-electron chi connectivity index (χ4n) is 12.3. The van der Waals surface area contributed by atoms with E-state index in [1.54, 1.807) is 0 Å². The van der Waals surface area contributed by atoms with Gasteiger partial charge in [0, 0.05) is 69.0 Å². The van der Waals surface area contributed by atoms with Crippen LogP contribution in [0.15, 0.2) is 317 Å². The van der Waals surface area contributed by atoms with Crippen LogP contribution in [0.4, 0.5) is 0 Å². The molecule has 0 saturated carbocycles. The van der Waals surface area contributed by atoms with Gasteiger partial charge >= 0.3 is 0 Å². The zero-order chi connectivity index (χ0) is 50.2. The quantitative estimate of drug-likeness (QED) is 0.137. The molecule has 0 N–H and O–H groups in total. The Morgan fingerprint density at radius 2 is 0.592 bits per heavy atom. The Hall–Kier alpha value is -9.61. The number of aromatic nitrogens is 3. The van der Waals surface area contributed by atoms with E-state index in [4.69, 9.17) is 0 Å². The summed E-state index contributed by atoms with van der Waals surface area (Å²) < 4.78 is 7.40. The summed E-state index contributed by atoms with van der Waals surface area (Å²) in [6.07, 6.45) is 0. The molecule has 0 atom stereocenters. The summed E-state index contributed by atoms with van der Waals surface area (Å²) in [5.41, 5.74) is 15.3. The SMILES string of the molecule is c1ccc(-c2cccc(-c3cccc(-n4c5ccccc5c5cc(-n6c7ccccc7c7c(S(c8ccccc8)(c8ccccc8)c8cccc(-n9c%10ccccc%10c%10ccccc%109)c8)cccc76)ccc54)c3)c2)cc1. The van der Waals surface area contributed by atoms with Crippen LogP contribution in [0.3, 0.4) is 0 Å². The van der Waals surface area contributed by atoms with E-state index in [-0.39, 0.29) is 0 Å². The van der Waals surface area contributed by atoms with Gasteiger partial charge in [0.1, 0.15) is 0 Å². The Balaban J connectivity index is 0.949. The molecule has 0 aliphatic rings. The van der Waals surface area contributed by atoms with Crippen molar-refractivity contribution >= 4 is 75.4 Å². The standard InChI is InChI=1S/C72H49N3S/c1-4-22-50(23-5-1)51-24-18-25-52(46-51)53-26-19-27-54(47-53)73-67-40-16-12-36-62(67)64-49-56(44-45-69(64)73)75-68-41-17-13-37-63(68)72-70(75)42-21-43-71(72)76(57-29-6-2-7-30-57,58-31-8-3-9-32-58)59-33-20-28-55(48-59)74-65-38-14-10-34-60(65)61-35-11-15-39-66(61)74/h1-49H. The van der Waals surface area contributed by atoms with Crippen LogP contribution >= 0.6 is 10.0 Å².